The van der Waals surface area contributed by atoms with E-state index in [1.807, 2.05) is 6.92 Å². The van der Waals surface area contributed by atoms with E-state index in [1.165, 1.54) is 13.2 Å². The number of benzene rings is 1. The highest BCUT2D eigenvalue weighted by Crippen LogP contribution is 2.23. The molecule has 0 heterocycles. The van der Waals surface area contributed by atoms with Gasteiger partial charge in [-0.3, -0.25) is 4.79 Å². The number of esters is 1. The molecule has 0 saturated carbocycles. The molecule has 0 fully saturated rings. The summed E-state index contributed by atoms with van der Waals surface area (Å²) in [7, 11) is -2.55. The van der Waals surface area contributed by atoms with E-state index in [0.29, 0.717) is 12.2 Å². The van der Waals surface area contributed by atoms with Crippen LogP contribution in [0.4, 0.5) is 5.69 Å². The van der Waals surface area contributed by atoms with Gasteiger partial charge in [0.2, 0.25) is 10.0 Å². The zero-order chi connectivity index (χ0) is 13.8. The van der Waals surface area contributed by atoms with E-state index in [2.05, 4.69) is 4.74 Å². The Kier molecular flexibility index (Phi) is 4.69. The first-order valence-electron chi connectivity index (χ1n) is 5.33. The molecule has 6 nitrogen and oxygen atoms in total. The first-order valence-corrected chi connectivity index (χ1v) is 6.88. The smallest absolute Gasteiger partial charge is 0.325 e. The molecule has 0 aliphatic heterocycles. The molecule has 0 amide bonds. The van der Waals surface area contributed by atoms with Crippen molar-refractivity contribution in [3.05, 3.63) is 24.3 Å². The van der Waals surface area contributed by atoms with Crippen LogP contribution in [0.2, 0.25) is 0 Å². The summed E-state index contributed by atoms with van der Waals surface area (Å²) in [6.45, 7) is 2.24. The Bertz CT molecular complexity index is 528. The Morgan fingerprint density at radius 3 is 2.50 bits per heavy atom. The second-order valence-electron chi connectivity index (χ2n) is 3.60. The highest BCUT2D eigenvalue weighted by Gasteiger charge is 2.19. The molecule has 18 heavy (non-hydrogen) atoms. The lowest BCUT2D eigenvalue weighted by Gasteiger charge is -2.23. The van der Waals surface area contributed by atoms with Crippen LogP contribution in [0.15, 0.2) is 29.2 Å². The lowest BCUT2D eigenvalue weighted by atomic mass is 10.3. The van der Waals surface area contributed by atoms with Crippen molar-refractivity contribution in [2.75, 3.05) is 25.1 Å². The molecule has 0 bridgehead atoms. The molecule has 0 aromatic heterocycles. The van der Waals surface area contributed by atoms with E-state index in [1.54, 1.807) is 23.1 Å². The van der Waals surface area contributed by atoms with Gasteiger partial charge in [0, 0.05) is 6.54 Å². The van der Waals surface area contributed by atoms with Crippen LogP contribution in [-0.4, -0.2) is 34.6 Å². The lowest BCUT2D eigenvalue weighted by molar-refractivity contribution is -0.138. The molecule has 0 spiro atoms. The van der Waals surface area contributed by atoms with Gasteiger partial charge in [-0.15, -0.1) is 0 Å². The number of hydrogen-bond donors (Lipinski definition) is 1. The average Bonchev–Trinajstić information content (AvgIpc) is 2.34. The van der Waals surface area contributed by atoms with Crippen molar-refractivity contribution >= 4 is 21.7 Å². The van der Waals surface area contributed by atoms with E-state index < -0.39 is 16.0 Å². The number of hydrogen-bond acceptors (Lipinski definition) is 5. The van der Waals surface area contributed by atoms with Crippen molar-refractivity contribution in [2.24, 2.45) is 5.14 Å². The molecule has 0 radical (unpaired) electrons. The molecule has 0 unspecified atom stereocenters. The minimum atomic E-state index is -3.82. The summed E-state index contributed by atoms with van der Waals surface area (Å²) in [5, 5.41) is 5.14. The molecule has 0 atom stereocenters. The maximum atomic E-state index is 11.5. The number of methoxy groups -OCH3 is 1. The topological polar surface area (TPSA) is 89.7 Å². The predicted molar refractivity (Wildman–Crippen MR) is 67.7 cm³/mol. The number of sulfonamides is 1. The SMILES string of the molecule is CCN(CC(=O)OC)c1ccccc1S(N)(=O)=O. The lowest BCUT2D eigenvalue weighted by Crippen LogP contribution is -2.32. The average molecular weight is 272 g/mol. The van der Waals surface area contributed by atoms with Crippen molar-refractivity contribution in [3.8, 4) is 0 Å². The van der Waals surface area contributed by atoms with Crippen molar-refractivity contribution in [1.82, 2.24) is 0 Å². The zero-order valence-electron chi connectivity index (χ0n) is 10.3. The first kappa shape index (κ1) is 14.5. The third-order valence-electron chi connectivity index (χ3n) is 2.44. The number of anilines is 1. The highest BCUT2D eigenvalue weighted by molar-refractivity contribution is 7.89. The van der Waals surface area contributed by atoms with Crippen molar-refractivity contribution < 1.29 is 17.9 Å². The van der Waals surface area contributed by atoms with E-state index in [4.69, 9.17) is 5.14 Å². The molecule has 7 heteroatoms. The molecule has 1 rings (SSSR count). The largest absolute Gasteiger partial charge is 0.468 e. The summed E-state index contributed by atoms with van der Waals surface area (Å²) in [4.78, 5) is 12.9. The summed E-state index contributed by atoms with van der Waals surface area (Å²) >= 11 is 0. The van der Waals surface area contributed by atoms with E-state index >= 15 is 0 Å². The Labute approximate surface area is 106 Å². The fraction of sp³-hybridized carbons (Fsp3) is 0.364. The maximum absolute atomic E-state index is 11.5. The second kappa shape index (κ2) is 5.83. The zero-order valence-corrected chi connectivity index (χ0v) is 11.1. The molecular weight excluding hydrogens is 256 g/mol. The van der Waals surface area contributed by atoms with Crippen molar-refractivity contribution in [1.29, 1.82) is 0 Å². The molecule has 1 aromatic rings. The second-order valence-corrected chi connectivity index (χ2v) is 5.13. The van der Waals surface area contributed by atoms with Crippen molar-refractivity contribution in [3.63, 3.8) is 0 Å². The number of ether oxygens (including phenoxy) is 1. The Morgan fingerprint density at radius 1 is 1.39 bits per heavy atom. The minimum Gasteiger partial charge on any atom is -0.468 e. The van der Waals surface area contributed by atoms with Crippen LogP contribution in [0.5, 0.6) is 0 Å². The van der Waals surface area contributed by atoms with E-state index in [-0.39, 0.29) is 11.4 Å². The molecule has 0 aliphatic rings. The normalized spacial score (nSPS) is 11.1. The van der Waals surface area contributed by atoms with Gasteiger partial charge in [0.25, 0.3) is 0 Å². The number of nitrogens with two attached hydrogens (primary N) is 1. The fourth-order valence-electron chi connectivity index (χ4n) is 1.55. The van der Waals surface area contributed by atoms with Crippen LogP contribution < -0.4 is 10.0 Å². The number of primary sulfonamides is 1. The number of para-hydroxylation sites is 1. The summed E-state index contributed by atoms with van der Waals surface area (Å²) in [6, 6.07) is 6.27. The number of carbonyl (C=O) groups excluding carboxylic acids is 1. The summed E-state index contributed by atoms with van der Waals surface area (Å²) < 4.78 is 27.5. The molecular formula is C11H16N2O4S. The Balaban J connectivity index is 3.18. The van der Waals surface area contributed by atoms with Crippen LogP contribution in [0.3, 0.4) is 0 Å². The minimum absolute atomic E-state index is 0.00393. The van der Waals surface area contributed by atoms with Crippen LogP contribution in [0.1, 0.15) is 6.92 Å². The standard InChI is InChI=1S/C11H16N2O4S/c1-3-13(8-11(14)17-2)9-6-4-5-7-10(9)18(12,15)16/h4-7H,3,8H2,1-2H3,(H2,12,15,16). The van der Waals surface area contributed by atoms with Gasteiger partial charge in [-0.1, -0.05) is 12.1 Å². The first-order chi connectivity index (χ1) is 8.40. The quantitative estimate of drug-likeness (QED) is 0.780. The van der Waals surface area contributed by atoms with Crippen LogP contribution in [0.25, 0.3) is 0 Å². The molecule has 1 aromatic carbocycles. The molecule has 0 aliphatic carbocycles. The summed E-state index contributed by atoms with van der Waals surface area (Å²) in [5.74, 6) is -0.443. The number of likely N-dealkylation sites (N-methyl/N-ethyl adjacent to an activating group) is 1. The van der Waals surface area contributed by atoms with Gasteiger partial charge in [0.05, 0.1) is 12.8 Å². The van der Waals surface area contributed by atoms with Crippen molar-refractivity contribution in [2.45, 2.75) is 11.8 Å². The summed E-state index contributed by atoms with van der Waals surface area (Å²) in [5.41, 5.74) is 0.396. The molecule has 2 N–H and O–H groups in total. The predicted octanol–water partition coefficient (Wildman–Crippen LogP) is 0.333. The van der Waals surface area contributed by atoms with Crippen LogP contribution in [-0.2, 0) is 19.6 Å². The Hall–Kier alpha value is -1.60. The van der Waals surface area contributed by atoms with Gasteiger partial charge in [-0.25, -0.2) is 13.6 Å². The molecule has 100 valence electrons. The highest BCUT2D eigenvalue weighted by atomic mass is 32.2. The van der Waals surface area contributed by atoms with Gasteiger partial charge in [0.1, 0.15) is 11.4 Å². The van der Waals surface area contributed by atoms with Crippen LogP contribution >= 0.6 is 0 Å². The fourth-order valence-corrected chi connectivity index (χ4v) is 2.30. The number of rotatable bonds is 5. The third-order valence-corrected chi connectivity index (χ3v) is 3.40. The molecule has 0 saturated heterocycles. The van der Waals surface area contributed by atoms with Crippen LogP contribution in [0, 0.1) is 0 Å². The number of nitrogens with zero attached hydrogens (tertiary/aromatic N) is 1. The maximum Gasteiger partial charge on any atom is 0.325 e. The Morgan fingerprint density at radius 2 is 2.00 bits per heavy atom. The monoisotopic (exact) mass is 272 g/mol. The summed E-state index contributed by atoms with van der Waals surface area (Å²) in [6.07, 6.45) is 0. The van der Waals surface area contributed by atoms with Gasteiger partial charge < -0.3 is 9.64 Å². The number of carbonyl (C=O) groups is 1. The van der Waals surface area contributed by atoms with Gasteiger partial charge in [0.15, 0.2) is 0 Å². The van der Waals surface area contributed by atoms with Gasteiger partial charge in [-0.05, 0) is 19.1 Å². The van der Waals surface area contributed by atoms with E-state index in [0.717, 1.165) is 0 Å². The van der Waals surface area contributed by atoms with Gasteiger partial charge >= 0.3 is 5.97 Å². The van der Waals surface area contributed by atoms with Gasteiger partial charge in [-0.2, -0.15) is 0 Å². The van der Waals surface area contributed by atoms with E-state index in [9.17, 15) is 13.2 Å². The third kappa shape index (κ3) is 3.44.